The number of halogens is 1. The Hall–Kier alpha value is -0.530. The summed E-state index contributed by atoms with van der Waals surface area (Å²) in [5.41, 5.74) is -0.262. The predicted molar refractivity (Wildman–Crippen MR) is 104 cm³/mol. The quantitative estimate of drug-likeness (QED) is 0.405. The molecule has 0 aromatic rings. The molecule has 1 unspecified atom stereocenters. The highest BCUT2D eigenvalue weighted by Crippen LogP contribution is 2.38. The van der Waals surface area contributed by atoms with Gasteiger partial charge in [-0.1, -0.05) is 26.7 Å². The van der Waals surface area contributed by atoms with Crippen LogP contribution in [0.15, 0.2) is 4.99 Å². The highest BCUT2D eigenvalue weighted by Gasteiger charge is 2.42. The minimum atomic E-state index is -0.262. The van der Waals surface area contributed by atoms with Gasteiger partial charge in [0.15, 0.2) is 5.96 Å². The molecule has 6 heteroatoms. The average molecular weight is 424 g/mol. The van der Waals surface area contributed by atoms with E-state index in [-0.39, 0.29) is 35.3 Å². The third-order valence-corrected chi connectivity index (χ3v) is 4.60. The molecule has 0 spiro atoms. The Morgan fingerprint density at radius 1 is 1.23 bits per heavy atom. The fourth-order valence-electron chi connectivity index (χ4n) is 2.82. The molecule has 0 heterocycles. The zero-order valence-corrected chi connectivity index (χ0v) is 17.2. The summed E-state index contributed by atoms with van der Waals surface area (Å²) in [6, 6.07) is 0.347. The first-order valence-corrected chi connectivity index (χ1v) is 8.01. The molecule has 0 aliphatic heterocycles. The van der Waals surface area contributed by atoms with Crippen molar-refractivity contribution in [3.8, 4) is 0 Å². The third-order valence-electron chi connectivity index (χ3n) is 4.60. The largest absolute Gasteiger partial charge is 0.355 e. The molecule has 0 saturated heterocycles. The van der Waals surface area contributed by atoms with Gasteiger partial charge in [-0.05, 0) is 25.7 Å². The normalized spacial score (nSPS) is 18.6. The van der Waals surface area contributed by atoms with Gasteiger partial charge >= 0.3 is 0 Å². The number of hydrogen-bond acceptors (Lipinski definition) is 2. The van der Waals surface area contributed by atoms with Crippen molar-refractivity contribution < 1.29 is 4.79 Å². The lowest BCUT2D eigenvalue weighted by molar-refractivity contribution is -0.138. The van der Waals surface area contributed by atoms with Gasteiger partial charge in [-0.25, -0.2) is 0 Å². The number of nitrogens with one attached hydrogen (secondary N) is 2. The number of carbonyl (C=O) groups excluding carboxylic acids is 1. The Balaban J connectivity index is 0.00000441. The summed E-state index contributed by atoms with van der Waals surface area (Å²) in [5.74, 6) is 1.56. The number of aliphatic imine (C=N–C) groups is 1. The fraction of sp³-hybridized carbons (Fsp3) is 0.875. The molecule has 1 rings (SSSR count). The third kappa shape index (κ3) is 5.59. The number of amides is 1. The van der Waals surface area contributed by atoms with Crippen molar-refractivity contribution in [2.24, 2.45) is 16.3 Å². The van der Waals surface area contributed by atoms with Crippen molar-refractivity contribution in [1.82, 2.24) is 15.5 Å². The number of rotatable bonds is 5. The van der Waals surface area contributed by atoms with Crippen LogP contribution in [0, 0.1) is 11.3 Å². The van der Waals surface area contributed by atoms with Crippen LogP contribution in [-0.2, 0) is 4.79 Å². The SMILES string of the molecule is CN=C(NCC1(C(=O)N(C)C)CCCC1)NC(C)C(C)C.I. The second-order valence-corrected chi connectivity index (χ2v) is 6.79. The van der Waals surface area contributed by atoms with E-state index in [0.29, 0.717) is 18.5 Å². The van der Waals surface area contributed by atoms with Crippen molar-refractivity contribution in [3.63, 3.8) is 0 Å². The summed E-state index contributed by atoms with van der Waals surface area (Å²) < 4.78 is 0. The number of carbonyl (C=O) groups is 1. The van der Waals surface area contributed by atoms with Crippen molar-refractivity contribution in [2.75, 3.05) is 27.7 Å². The van der Waals surface area contributed by atoms with Gasteiger partial charge in [-0.3, -0.25) is 9.79 Å². The monoisotopic (exact) mass is 424 g/mol. The van der Waals surface area contributed by atoms with Crippen molar-refractivity contribution in [2.45, 2.75) is 52.5 Å². The number of hydrogen-bond donors (Lipinski definition) is 2. The van der Waals surface area contributed by atoms with Crippen LogP contribution in [0.1, 0.15) is 46.5 Å². The van der Waals surface area contributed by atoms with Gasteiger partial charge in [-0.15, -0.1) is 24.0 Å². The van der Waals surface area contributed by atoms with E-state index in [1.54, 1.807) is 11.9 Å². The molecule has 1 aliphatic rings. The maximum absolute atomic E-state index is 12.5. The second-order valence-electron chi connectivity index (χ2n) is 6.79. The van der Waals surface area contributed by atoms with Gasteiger partial charge in [0.2, 0.25) is 5.91 Å². The molecule has 1 atom stereocenters. The van der Waals surface area contributed by atoms with Crippen LogP contribution in [0.3, 0.4) is 0 Å². The molecule has 22 heavy (non-hydrogen) atoms. The molecular weight excluding hydrogens is 391 g/mol. The Morgan fingerprint density at radius 3 is 2.18 bits per heavy atom. The molecular formula is C16H33IN4O. The summed E-state index contributed by atoms with van der Waals surface area (Å²) in [7, 11) is 5.46. The number of nitrogens with zero attached hydrogens (tertiary/aromatic N) is 2. The predicted octanol–water partition coefficient (Wildman–Crippen LogP) is 2.46. The Labute approximate surface area is 152 Å². The first-order chi connectivity index (χ1) is 9.82. The van der Waals surface area contributed by atoms with Crippen LogP contribution in [0.5, 0.6) is 0 Å². The van der Waals surface area contributed by atoms with Gasteiger partial charge in [0, 0.05) is 33.7 Å². The average Bonchev–Trinajstić information content (AvgIpc) is 2.91. The Kier molecular flexibility index (Phi) is 9.34. The molecule has 0 aromatic carbocycles. The van der Waals surface area contributed by atoms with E-state index in [1.807, 2.05) is 14.1 Å². The van der Waals surface area contributed by atoms with E-state index >= 15 is 0 Å². The van der Waals surface area contributed by atoms with Crippen molar-refractivity contribution in [1.29, 1.82) is 0 Å². The van der Waals surface area contributed by atoms with Crippen LogP contribution in [-0.4, -0.2) is 50.5 Å². The van der Waals surface area contributed by atoms with Crippen molar-refractivity contribution in [3.05, 3.63) is 0 Å². The van der Waals surface area contributed by atoms with E-state index in [1.165, 1.54) is 0 Å². The Morgan fingerprint density at radius 2 is 1.77 bits per heavy atom. The minimum Gasteiger partial charge on any atom is -0.355 e. The topological polar surface area (TPSA) is 56.7 Å². The van der Waals surface area contributed by atoms with Crippen LogP contribution in [0.2, 0.25) is 0 Å². The fourth-order valence-corrected chi connectivity index (χ4v) is 2.82. The van der Waals surface area contributed by atoms with Gasteiger partial charge in [0.1, 0.15) is 0 Å². The zero-order valence-electron chi connectivity index (χ0n) is 14.9. The Bertz CT molecular complexity index is 376. The molecule has 1 fully saturated rings. The standard InChI is InChI=1S/C16H32N4O.HI/c1-12(2)13(3)19-15(17-4)18-11-16(9-7-8-10-16)14(21)20(5)6;/h12-13H,7-11H2,1-6H3,(H2,17,18,19);1H. The van der Waals surface area contributed by atoms with Crippen molar-refractivity contribution >= 4 is 35.8 Å². The highest BCUT2D eigenvalue weighted by molar-refractivity contribution is 14.0. The molecule has 2 N–H and O–H groups in total. The molecule has 1 aliphatic carbocycles. The molecule has 0 bridgehead atoms. The summed E-state index contributed by atoms with van der Waals surface area (Å²) >= 11 is 0. The van der Waals surface area contributed by atoms with E-state index in [0.717, 1.165) is 31.6 Å². The molecule has 0 radical (unpaired) electrons. The lowest BCUT2D eigenvalue weighted by Gasteiger charge is -2.32. The molecule has 130 valence electrons. The molecule has 1 amide bonds. The maximum Gasteiger partial charge on any atom is 0.230 e. The van der Waals surface area contributed by atoms with Gasteiger partial charge in [0.25, 0.3) is 0 Å². The zero-order chi connectivity index (χ0) is 16.0. The molecule has 0 aromatic heterocycles. The number of guanidine groups is 1. The lowest BCUT2D eigenvalue weighted by atomic mass is 9.84. The maximum atomic E-state index is 12.5. The van der Waals surface area contributed by atoms with Crippen LogP contribution < -0.4 is 10.6 Å². The summed E-state index contributed by atoms with van der Waals surface area (Å²) in [4.78, 5) is 18.5. The summed E-state index contributed by atoms with van der Waals surface area (Å²) in [5, 5.41) is 6.75. The smallest absolute Gasteiger partial charge is 0.230 e. The van der Waals surface area contributed by atoms with Crippen LogP contribution >= 0.6 is 24.0 Å². The van der Waals surface area contributed by atoms with Gasteiger partial charge in [-0.2, -0.15) is 0 Å². The van der Waals surface area contributed by atoms with E-state index in [9.17, 15) is 4.79 Å². The first-order valence-electron chi connectivity index (χ1n) is 8.01. The molecule has 5 nitrogen and oxygen atoms in total. The lowest BCUT2D eigenvalue weighted by Crippen LogP contribution is -2.51. The first kappa shape index (κ1) is 21.5. The van der Waals surface area contributed by atoms with E-state index in [4.69, 9.17) is 0 Å². The second kappa shape index (κ2) is 9.57. The van der Waals surface area contributed by atoms with Gasteiger partial charge < -0.3 is 15.5 Å². The highest BCUT2D eigenvalue weighted by atomic mass is 127. The van der Waals surface area contributed by atoms with Crippen LogP contribution in [0.4, 0.5) is 0 Å². The minimum absolute atomic E-state index is 0. The van der Waals surface area contributed by atoms with E-state index in [2.05, 4.69) is 36.4 Å². The molecule has 1 saturated carbocycles. The van der Waals surface area contributed by atoms with Crippen LogP contribution in [0.25, 0.3) is 0 Å². The summed E-state index contributed by atoms with van der Waals surface area (Å²) in [6.45, 7) is 7.17. The van der Waals surface area contributed by atoms with Gasteiger partial charge in [0.05, 0.1) is 5.41 Å². The van der Waals surface area contributed by atoms with E-state index < -0.39 is 0 Å². The summed E-state index contributed by atoms with van der Waals surface area (Å²) in [6.07, 6.45) is 4.20.